The molecule has 3 nitrogen and oxygen atoms in total. The van der Waals surface area contributed by atoms with Gasteiger partial charge in [0.25, 0.3) is 5.91 Å². The van der Waals surface area contributed by atoms with Gasteiger partial charge in [-0.1, -0.05) is 0 Å². The van der Waals surface area contributed by atoms with Gasteiger partial charge >= 0.3 is 0 Å². The van der Waals surface area contributed by atoms with E-state index in [1.54, 1.807) is 0 Å². The molecule has 1 aromatic rings. The fourth-order valence-corrected chi connectivity index (χ4v) is 1.72. The first kappa shape index (κ1) is 12.2. The normalized spacial score (nSPS) is 10.6. The number of amides is 1. The summed E-state index contributed by atoms with van der Waals surface area (Å²) >= 11 is 1.53. The van der Waals surface area contributed by atoms with Gasteiger partial charge in [-0.05, 0) is 31.7 Å². The number of ether oxygens (including phenoxy) is 1. The van der Waals surface area contributed by atoms with Gasteiger partial charge in [0.2, 0.25) is 0 Å². The van der Waals surface area contributed by atoms with E-state index >= 15 is 0 Å². The van der Waals surface area contributed by atoms with Crippen molar-refractivity contribution in [3.8, 4) is 0 Å². The lowest BCUT2D eigenvalue weighted by molar-refractivity contribution is 0.0757. The molecule has 0 aliphatic rings. The number of thiophene rings is 1. The second-order valence-electron chi connectivity index (χ2n) is 3.54. The van der Waals surface area contributed by atoms with Gasteiger partial charge in [-0.15, -0.1) is 0 Å². The largest absolute Gasteiger partial charge is 0.379 e. The van der Waals surface area contributed by atoms with Gasteiger partial charge in [0.05, 0.1) is 6.10 Å². The molecule has 1 heterocycles. The Morgan fingerprint density at radius 1 is 1.60 bits per heavy atom. The molecule has 0 aliphatic carbocycles. The van der Waals surface area contributed by atoms with Crippen LogP contribution in [0, 0.1) is 0 Å². The van der Waals surface area contributed by atoms with Gasteiger partial charge in [0.1, 0.15) is 0 Å². The number of hydrogen-bond donors (Lipinski definition) is 1. The van der Waals surface area contributed by atoms with Crippen molar-refractivity contribution in [3.63, 3.8) is 0 Å². The fraction of sp³-hybridized carbons (Fsp3) is 0.545. The molecule has 0 bridgehead atoms. The van der Waals surface area contributed by atoms with Gasteiger partial charge in [0, 0.05) is 24.1 Å². The average molecular weight is 227 g/mol. The molecular formula is C11H17NO2S. The highest BCUT2D eigenvalue weighted by atomic mass is 32.1. The summed E-state index contributed by atoms with van der Waals surface area (Å²) in [5.74, 6) is 0.000738. The maximum absolute atomic E-state index is 11.5. The second kappa shape index (κ2) is 6.58. The molecule has 1 N–H and O–H groups in total. The van der Waals surface area contributed by atoms with E-state index in [1.165, 1.54) is 11.3 Å². The minimum Gasteiger partial charge on any atom is -0.379 e. The molecule has 0 aliphatic heterocycles. The van der Waals surface area contributed by atoms with Crippen LogP contribution in [0.3, 0.4) is 0 Å². The molecule has 0 aromatic carbocycles. The molecule has 0 saturated heterocycles. The van der Waals surface area contributed by atoms with E-state index in [0.717, 1.165) is 12.0 Å². The Labute approximate surface area is 94.5 Å². The summed E-state index contributed by atoms with van der Waals surface area (Å²) in [5.41, 5.74) is 0.741. The number of hydrogen-bond acceptors (Lipinski definition) is 3. The monoisotopic (exact) mass is 227 g/mol. The Hall–Kier alpha value is -0.870. The number of rotatable bonds is 6. The lowest BCUT2D eigenvalue weighted by Crippen LogP contribution is -2.25. The zero-order valence-electron chi connectivity index (χ0n) is 9.16. The predicted octanol–water partition coefficient (Wildman–Crippen LogP) is 2.29. The van der Waals surface area contributed by atoms with Gasteiger partial charge in [-0.25, -0.2) is 0 Å². The summed E-state index contributed by atoms with van der Waals surface area (Å²) in [7, 11) is 0. The van der Waals surface area contributed by atoms with E-state index in [1.807, 2.05) is 30.7 Å². The van der Waals surface area contributed by atoms with Gasteiger partial charge < -0.3 is 10.1 Å². The van der Waals surface area contributed by atoms with Crippen LogP contribution >= 0.6 is 11.3 Å². The first-order valence-electron chi connectivity index (χ1n) is 5.12. The highest BCUT2D eigenvalue weighted by Gasteiger charge is 2.03. The maximum atomic E-state index is 11.5. The molecule has 0 radical (unpaired) electrons. The Balaban J connectivity index is 2.08. The van der Waals surface area contributed by atoms with Crippen molar-refractivity contribution in [2.75, 3.05) is 13.2 Å². The standard InChI is InChI=1S/C11H17NO2S/c1-9(2)14-6-3-5-12-11(13)10-4-7-15-8-10/h4,7-9H,3,5-6H2,1-2H3,(H,12,13). The van der Waals surface area contributed by atoms with E-state index < -0.39 is 0 Å². The third kappa shape index (κ3) is 4.95. The number of carbonyl (C=O) groups excluding carboxylic acids is 1. The smallest absolute Gasteiger partial charge is 0.252 e. The van der Waals surface area contributed by atoms with Crippen LogP contribution in [0.2, 0.25) is 0 Å². The van der Waals surface area contributed by atoms with Crippen LogP contribution in [0.15, 0.2) is 16.8 Å². The first-order valence-corrected chi connectivity index (χ1v) is 6.06. The van der Waals surface area contributed by atoms with E-state index in [9.17, 15) is 4.79 Å². The molecule has 0 atom stereocenters. The van der Waals surface area contributed by atoms with Crippen molar-refractivity contribution in [1.29, 1.82) is 0 Å². The van der Waals surface area contributed by atoms with Gasteiger partial charge in [0.15, 0.2) is 0 Å². The molecule has 0 saturated carbocycles. The molecule has 0 spiro atoms. The molecule has 4 heteroatoms. The van der Waals surface area contributed by atoms with Crippen LogP contribution in [0.25, 0.3) is 0 Å². The molecule has 1 aromatic heterocycles. The number of nitrogens with one attached hydrogen (secondary N) is 1. The highest BCUT2D eigenvalue weighted by Crippen LogP contribution is 2.05. The van der Waals surface area contributed by atoms with Crippen LogP contribution < -0.4 is 5.32 Å². The second-order valence-corrected chi connectivity index (χ2v) is 4.32. The van der Waals surface area contributed by atoms with Crippen LogP contribution in [-0.2, 0) is 4.74 Å². The Bertz CT molecular complexity index is 283. The maximum Gasteiger partial charge on any atom is 0.252 e. The van der Waals surface area contributed by atoms with Crippen LogP contribution in [0.1, 0.15) is 30.6 Å². The summed E-state index contributed by atoms with van der Waals surface area (Å²) in [4.78, 5) is 11.5. The van der Waals surface area contributed by atoms with Crippen molar-refractivity contribution in [3.05, 3.63) is 22.4 Å². The molecule has 84 valence electrons. The summed E-state index contributed by atoms with van der Waals surface area (Å²) < 4.78 is 5.37. The Morgan fingerprint density at radius 2 is 2.40 bits per heavy atom. The third-order valence-corrected chi connectivity index (χ3v) is 2.52. The molecule has 0 fully saturated rings. The lowest BCUT2D eigenvalue weighted by Gasteiger charge is -2.07. The lowest BCUT2D eigenvalue weighted by atomic mass is 10.3. The number of carbonyl (C=O) groups is 1. The van der Waals surface area contributed by atoms with Crippen molar-refractivity contribution in [1.82, 2.24) is 5.32 Å². The summed E-state index contributed by atoms with van der Waals surface area (Å²) in [5, 5.41) is 6.59. The minimum atomic E-state index is 0.000738. The average Bonchev–Trinajstić information content (AvgIpc) is 2.69. The van der Waals surface area contributed by atoms with Gasteiger partial charge in [-0.2, -0.15) is 11.3 Å². The predicted molar refractivity (Wildman–Crippen MR) is 62.4 cm³/mol. The van der Waals surface area contributed by atoms with Crippen LogP contribution in [0.5, 0.6) is 0 Å². The SMILES string of the molecule is CC(C)OCCCNC(=O)c1ccsc1. The van der Waals surface area contributed by atoms with Crippen LogP contribution in [0.4, 0.5) is 0 Å². The van der Waals surface area contributed by atoms with E-state index in [-0.39, 0.29) is 12.0 Å². The van der Waals surface area contributed by atoms with Crippen molar-refractivity contribution < 1.29 is 9.53 Å². The molecule has 1 rings (SSSR count). The Kier molecular flexibility index (Phi) is 5.36. The highest BCUT2D eigenvalue weighted by molar-refractivity contribution is 7.08. The summed E-state index contributed by atoms with van der Waals surface area (Å²) in [6.07, 6.45) is 1.12. The molecular weight excluding hydrogens is 210 g/mol. The summed E-state index contributed by atoms with van der Waals surface area (Å²) in [6, 6.07) is 1.82. The van der Waals surface area contributed by atoms with E-state index in [2.05, 4.69) is 5.32 Å². The topological polar surface area (TPSA) is 38.3 Å². The molecule has 1 amide bonds. The minimum absolute atomic E-state index is 0.000738. The van der Waals surface area contributed by atoms with Crippen molar-refractivity contribution in [2.45, 2.75) is 26.4 Å². The van der Waals surface area contributed by atoms with Crippen molar-refractivity contribution >= 4 is 17.2 Å². The quantitative estimate of drug-likeness (QED) is 0.757. The summed E-state index contributed by atoms with van der Waals surface area (Å²) in [6.45, 7) is 5.37. The van der Waals surface area contributed by atoms with E-state index in [4.69, 9.17) is 4.74 Å². The first-order chi connectivity index (χ1) is 7.20. The van der Waals surface area contributed by atoms with Gasteiger partial charge in [-0.3, -0.25) is 4.79 Å². The van der Waals surface area contributed by atoms with E-state index in [0.29, 0.717) is 13.2 Å². The molecule has 15 heavy (non-hydrogen) atoms. The van der Waals surface area contributed by atoms with Crippen LogP contribution in [-0.4, -0.2) is 25.2 Å². The zero-order valence-corrected chi connectivity index (χ0v) is 9.97. The zero-order chi connectivity index (χ0) is 11.1. The molecule has 0 unspecified atom stereocenters. The third-order valence-electron chi connectivity index (χ3n) is 1.84. The Morgan fingerprint density at radius 3 is 3.00 bits per heavy atom. The fourth-order valence-electron chi connectivity index (χ4n) is 1.09. The van der Waals surface area contributed by atoms with Crippen molar-refractivity contribution in [2.24, 2.45) is 0 Å².